The maximum Gasteiger partial charge on any atom is 0.131 e. The molecule has 1 aromatic rings. The number of nitrogens with one attached hydrogen (secondary N) is 1. The van der Waals surface area contributed by atoms with E-state index in [4.69, 9.17) is 14.7 Å². The van der Waals surface area contributed by atoms with Crippen molar-refractivity contribution in [3.8, 4) is 5.75 Å². The third-order valence-electron chi connectivity index (χ3n) is 2.02. The molecule has 0 aliphatic heterocycles. The molecule has 0 aromatic heterocycles. The molecule has 0 spiro atoms. The van der Waals surface area contributed by atoms with Crippen LogP contribution in [0, 0.1) is 5.82 Å². The van der Waals surface area contributed by atoms with Gasteiger partial charge in [-0.05, 0) is 6.07 Å². The van der Waals surface area contributed by atoms with E-state index >= 15 is 0 Å². The number of halogens is 1. The average Bonchev–Trinajstić information content (AvgIpc) is 2.23. The van der Waals surface area contributed by atoms with Gasteiger partial charge in [0.15, 0.2) is 0 Å². The summed E-state index contributed by atoms with van der Waals surface area (Å²) in [5.74, 6) is 0.0179. The smallest absolute Gasteiger partial charge is 0.131 e. The van der Waals surface area contributed by atoms with Crippen LogP contribution in [0.2, 0.25) is 0 Å². The molecule has 1 aromatic carbocycles. The third kappa shape index (κ3) is 2.89. The quantitative estimate of drug-likeness (QED) is 0.730. The Morgan fingerprint density at radius 3 is 2.60 bits per heavy atom. The van der Waals surface area contributed by atoms with Crippen molar-refractivity contribution in [1.29, 1.82) is 0 Å². The monoisotopic (exact) mass is 215 g/mol. The van der Waals surface area contributed by atoms with Gasteiger partial charge in [-0.25, -0.2) is 9.87 Å². The van der Waals surface area contributed by atoms with Gasteiger partial charge in [0.2, 0.25) is 0 Å². The van der Waals surface area contributed by atoms with Gasteiger partial charge >= 0.3 is 0 Å². The summed E-state index contributed by atoms with van der Waals surface area (Å²) in [4.78, 5) is 0. The lowest BCUT2D eigenvalue weighted by molar-refractivity contribution is 0.159. The number of hydrogen-bond donors (Lipinski definition) is 2. The van der Waals surface area contributed by atoms with E-state index in [-0.39, 0.29) is 6.54 Å². The van der Waals surface area contributed by atoms with Gasteiger partial charge in [0.05, 0.1) is 13.7 Å². The molecular formula is C10H14FNO3. The van der Waals surface area contributed by atoms with E-state index in [0.717, 1.165) is 5.56 Å². The van der Waals surface area contributed by atoms with Gasteiger partial charge in [-0.15, -0.1) is 0 Å². The first-order valence-electron chi connectivity index (χ1n) is 4.44. The van der Waals surface area contributed by atoms with Gasteiger partial charge in [0.25, 0.3) is 0 Å². The van der Waals surface area contributed by atoms with Crippen molar-refractivity contribution in [3.63, 3.8) is 0 Å². The highest BCUT2D eigenvalue weighted by molar-refractivity contribution is 5.38. The first kappa shape index (κ1) is 11.9. The normalized spacial score (nSPS) is 10.4. The Kier molecular flexibility index (Phi) is 4.48. The molecule has 0 amide bonds. The predicted molar refractivity (Wildman–Crippen MR) is 52.3 cm³/mol. The van der Waals surface area contributed by atoms with Crippen LogP contribution >= 0.6 is 0 Å². The van der Waals surface area contributed by atoms with Crippen LogP contribution in [0.4, 0.5) is 4.39 Å². The molecule has 15 heavy (non-hydrogen) atoms. The summed E-state index contributed by atoms with van der Waals surface area (Å²) in [6.45, 7) is 0.383. The van der Waals surface area contributed by atoms with E-state index < -0.39 is 5.82 Å². The molecule has 2 N–H and O–H groups in total. The van der Waals surface area contributed by atoms with Gasteiger partial charge < -0.3 is 14.7 Å². The summed E-state index contributed by atoms with van der Waals surface area (Å²) in [6, 6.07) is 2.88. The van der Waals surface area contributed by atoms with Crippen LogP contribution in [0.1, 0.15) is 11.1 Å². The molecule has 0 aliphatic carbocycles. The molecule has 0 radical (unpaired) electrons. The molecule has 0 atom stereocenters. The molecule has 84 valence electrons. The Balaban J connectivity index is 3.05. The zero-order chi connectivity index (χ0) is 11.3. The summed E-state index contributed by atoms with van der Waals surface area (Å²) >= 11 is 0. The van der Waals surface area contributed by atoms with Crippen LogP contribution in [0.5, 0.6) is 5.75 Å². The molecule has 0 aliphatic rings. The van der Waals surface area contributed by atoms with Crippen molar-refractivity contribution >= 4 is 0 Å². The number of hydrogen-bond acceptors (Lipinski definition) is 4. The van der Waals surface area contributed by atoms with E-state index in [2.05, 4.69) is 0 Å². The van der Waals surface area contributed by atoms with Crippen molar-refractivity contribution in [2.24, 2.45) is 0 Å². The maximum absolute atomic E-state index is 13.4. The number of benzene rings is 1. The van der Waals surface area contributed by atoms with Crippen LogP contribution < -0.4 is 10.2 Å². The highest BCUT2D eigenvalue weighted by Crippen LogP contribution is 2.23. The molecule has 0 heterocycles. The van der Waals surface area contributed by atoms with Gasteiger partial charge in [0, 0.05) is 30.8 Å². The summed E-state index contributed by atoms with van der Waals surface area (Å²) in [5.41, 5.74) is 3.02. The molecule has 0 unspecified atom stereocenters. The van der Waals surface area contributed by atoms with Crippen molar-refractivity contribution in [3.05, 3.63) is 29.1 Å². The molecule has 1 rings (SSSR count). The summed E-state index contributed by atoms with van der Waals surface area (Å²) in [7, 11) is 3.02. The summed E-state index contributed by atoms with van der Waals surface area (Å²) in [5, 5.41) is 8.51. The third-order valence-corrected chi connectivity index (χ3v) is 2.02. The highest BCUT2D eigenvalue weighted by Gasteiger charge is 2.09. The average molecular weight is 215 g/mol. The molecular weight excluding hydrogens is 201 g/mol. The fraction of sp³-hybridized carbons (Fsp3) is 0.400. The number of methoxy groups -OCH3 is 2. The van der Waals surface area contributed by atoms with E-state index in [1.807, 2.05) is 5.48 Å². The van der Waals surface area contributed by atoms with Gasteiger partial charge in [0.1, 0.15) is 11.6 Å². The first-order valence-corrected chi connectivity index (χ1v) is 4.44. The SMILES string of the molecule is COCc1cc(CNO)c(F)cc1OC. The lowest BCUT2D eigenvalue weighted by atomic mass is 10.1. The predicted octanol–water partition coefficient (Wildman–Crippen LogP) is 1.46. The van der Waals surface area contributed by atoms with Crippen LogP contribution in [0.25, 0.3) is 0 Å². The Morgan fingerprint density at radius 1 is 1.33 bits per heavy atom. The first-order chi connectivity index (χ1) is 7.22. The standard InChI is InChI=1S/C10H14FNO3/c1-14-6-8-3-7(5-12-13)9(11)4-10(8)15-2/h3-4,12-13H,5-6H2,1-2H3. The van der Waals surface area contributed by atoms with Crippen LogP contribution in [0.3, 0.4) is 0 Å². The Bertz CT molecular complexity index is 331. The van der Waals surface area contributed by atoms with Gasteiger partial charge in [-0.1, -0.05) is 0 Å². The number of ether oxygens (including phenoxy) is 2. The van der Waals surface area contributed by atoms with Crippen molar-refractivity contribution < 1.29 is 19.1 Å². The molecule has 0 saturated heterocycles. The van der Waals surface area contributed by atoms with Gasteiger partial charge in [-0.3, -0.25) is 0 Å². The zero-order valence-electron chi connectivity index (χ0n) is 8.71. The lowest BCUT2D eigenvalue weighted by Gasteiger charge is -2.10. The minimum absolute atomic E-state index is 0.0482. The highest BCUT2D eigenvalue weighted by atomic mass is 19.1. The molecule has 0 fully saturated rings. The van der Waals surface area contributed by atoms with E-state index in [9.17, 15) is 4.39 Å². The zero-order valence-corrected chi connectivity index (χ0v) is 8.71. The van der Waals surface area contributed by atoms with Gasteiger partial charge in [-0.2, -0.15) is 0 Å². The number of hydroxylamine groups is 1. The fourth-order valence-electron chi connectivity index (χ4n) is 1.33. The Morgan fingerprint density at radius 2 is 2.07 bits per heavy atom. The fourth-order valence-corrected chi connectivity index (χ4v) is 1.33. The molecule has 5 heteroatoms. The Hall–Kier alpha value is -1.17. The van der Waals surface area contributed by atoms with Crippen LogP contribution in [0.15, 0.2) is 12.1 Å². The molecule has 0 saturated carbocycles. The molecule has 4 nitrogen and oxygen atoms in total. The second-order valence-corrected chi connectivity index (χ2v) is 3.02. The lowest BCUT2D eigenvalue weighted by Crippen LogP contribution is -2.09. The van der Waals surface area contributed by atoms with Crippen LogP contribution in [-0.4, -0.2) is 19.4 Å². The Labute approximate surface area is 87.6 Å². The number of rotatable bonds is 5. The van der Waals surface area contributed by atoms with E-state index in [1.54, 1.807) is 13.2 Å². The maximum atomic E-state index is 13.4. The summed E-state index contributed by atoms with van der Waals surface area (Å²) < 4.78 is 23.3. The minimum Gasteiger partial charge on any atom is -0.496 e. The topological polar surface area (TPSA) is 50.7 Å². The largest absolute Gasteiger partial charge is 0.496 e. The van der Waals surface area contributed by atoms with E-state index in [1.165, 1.54) is 13.2 Å². The van der Waals surface area contributed by atoms with Crippen molar-refractivity contribution in [1.82, 2.24) is 5.48 Å². The van der Waals surface area contributed by atoms with Crippen molar-refractivity contribution in [2.45, 2.75) is 13.2 Å². The molecule has 0 bridgehead atoms. The summed E-state index contributed by atoms with van der Waals surface area (Å²) in [6.07, 6.45) is 0. The minimum atomic E-state index is -0.423. The second kappa shape index (κ2) is 5.65. The van der Waals surface area contributed by atoms with Crippen LogP contribution in [-0.2, 0) is 17.9 Å². The van der Waals surface area contributed by atoms with Crippen molar-refractivity contribution in [2.75, 3.05) is 14.2 Å². The van der Waals surface area contributed by atoms with E-state index in [0.29, 0.717) is 17.9 Å². The second-order valence-electron chi connectivity index (χ2n) is 3.02.